The zero-order chi connectivity index (χ0) is 28.8. The minimum Gasteiger partial charge on any atom is -0.278 e. The first-order valence-corrected chi connectivity index (χ1v) is 14.9. The van der Waals surface area contributed by atoms with Crippen LogP contribution >= 0.6 is 0 Å². The minimum absolute atomic E-state index is 0.835. The van der Waals surface area contributed by atoms with Gasteiger partial charge in [-0.05, 0) is 69.8 Å². The maximum atomic E-state index is 5.38. The van der Waals surface area contributed by atoms with Gasteiger partial charge in [0.2, 0.25) is 5.95 Å². The van der Waals surface area contributed by atoms with Gasteiger partial charge in [-0.2, -0.15) is 0 Å². The minimum atomic E-state index is 0.835. The van der Waals surface area contributed by atoms with Crippen molar-refractivity contribution in [3.63, 3.8) is 0 Å². The molecule has 3 aromatic heterocycles. The molecule has 0 aliphatic heterocycles. The van der Waals surface area contributed by atoms with Crippen LogP contribution in [0.2, 0.25) is 0 Å². The highest BCUT2D eigenvalue weighted by molar-refractivity contribution is 6.22. The number of benzene rings is 7. The fourth-order valence-electron chi connectivity index (χ4n) is 7.10. The molecule has 4 nitrogen and oxygen atoms in total. The van der Waals surface area contributed by atoms with E-state index in [1.54, 1.807) is 0 Å². The molecule has 0 saturated carbocycles. The van der Waals surface area contributed by atoms with Crippen LogP contribution in [0.25, 0.3) is 88.0 Å². The molecule has 0 spiro atoms. The molecule has 0 fully saturated rings. The van der Waals surface area contributed by atoms with Gasteiger partial charge < -0.3 is 0 Å². The first-order chi connectivity index (χ1) is 21.8. The van der Waals surface area contributed by atoms with E-state index in [0.717, 1.165) is 44.6 Å². The second-order valence-corrected chi connectivity index (χ2v) is 11.5. The Balaban J connectivity index is 1.41. The number of fused-ring (bicyclic) bond motifs is 11. The average Bonchev–Trinajstić information content (AvgIpc) is 3.64. The number of hydrogen-bond acceptors (Lipinski definition) is 2. The third-order valence-electron chi connectivity index (χ3n) is 9.06. The lowest BCUT2D eigenvalue weighted by molar-refractivity contribution is 0.982. The maximum absolute atomic E-state index is 5.38. The predicted molar refractivity (Wildman–Crippen MR) is 183 cm³/mol. The van der Waals surface area contributed by atoms with Crippen molar-refractivity contribution in [2.45, 2.75) is 0 Å². The normalized spacial score (nSPS) is 12.1. The molecule has 0 saturated heterocycles. The molecule has 0 atom stereocenters. The molecule has 0 amide bonds. The van der Waals surface area contributed by atoms with Crippen LogP contribution in [0.15, 0.2) is 146 Å². The van der Waals surface area contributed by atoms with Crippen LogP contribution in [0.3, 0.4) is 0 Å². The van der Waals surface area contributed by atoms with Gasteiger partial charge in [0.1, 0.15) is 5.65 Å². The Morgan fingerprint density at radius 1 is 0.432 bits per heavy atom. The third-order valence-corrected chi connectivity index (χ3v) is 9.06. The molecule has 44 heavy (non-hydrogen) atoms. The van der Waals surface area contributed by atoms with Crippen LogP contribution < -0.4 is 0 Å². The molecule has 204 valence electrons. The molecule has 0 radical (unpaired) electrons. The summed E-state index contributed by atoms with van der Waals surface area (Å²) < 4.78 is 4.58. The van der Waals surface area contributed by atoms with E-state index in [2.05, 4.69) is 148 Å². The Bertz CT molecular complexity index is 2780. The first-order valence-electron chi connectivity index (χ1n) is 14.9. The van der Waals surface area contributed by atoms with Crippen molar-refractivity contribution < 1.29 is 0 Å². The summed E-state index contributed by atoms with van der Waals surface area (Å²) in [4.78, 5) is 10.5. The summed E-state index contributed by atoms with van der Waals surface area (Å²) in [5, 5.41) is 8.33. The van der Waals surface area contributed by atoms with E-state index < -0.39 is 0 Å². The molecule has 0 N–H and O–H groups in total. The summed E-state index contributed by atoms with van der Waals surface area (Å²) in [6, 6.07) is 51.9. The Kier molecular flexibility index (Phi) is 4.69. The van der Waals surface area contributed by atoms with Crippen LogP contribution in [0, 0.1) is 0 Å². The zero-order valence-corrected chi connectivity index (χ0v) is 23.6. The van der Waals surface area contributed by atoms with Gasteiger partial charge in [-0.1, -0.05) is 103 Å². The van der Waals surface area contributed by atoms with Gasteiger partial charge in [0.25, 0.3) is 0 Å². The van der Waals surface area contributed by atoms with Crippen LogP contribution in [0.1, 0.15) is 0 Å². The topological polar surface area (TPSA) is 35.1 Å². The lowest BCUT2D eigenvalue weighted by atomic mass is 9.94. The van der Waals surface area contributed by atoms with E-state index in [0.29, 0.717) is 0 Å². The zero-order valence-electron chi connectivity index (χ0n) is 23.6. The van der Waals surface area contributed by atoms with Crippen molar-refractivity contribution >= 4 is 70.9 Å². The van der Waals surface area contributed by atoms with Crippen LogP contribution in [-0.2, 0) is 0 Å². The predicted octanol–water partition coefficient (Wildman–Crippen LogP) is 10.1. The van der Waals surface area contributed by atoms with Crippen molar-refractivity contribution in [1.82, 2.24) is 18.9 Å². The number of rotatable bonds is 2. The highest BCUT2D eigenvalue weighted by atomic mass is 15.2. The van der Waals surface area contributed by atoms with Gasteiger partial charge in [0.15, 0.2) is 0 Å². The molecule has 4 heteroatoms. The summed E-state index contributed by atoms with van der Waals surface area (Å²) in [5.41, 5.74) is 8.54. The van der Waals surface area contributed by atoms with E-state index in [9.17, 15) is 0 Å². The lowest BCUT2D eigenvalue weighted by Crippen LogP contribution is -2.06. The SMILES string of the molecule is c1ccc2cc(-c3cc4c5ccccc5n(-c5nc6ccccc6c6nc7ccccc7n56)c4c4ccccc34)ccc2c1. The van der Waals surface area contributed by atoms with Gasteiger partial charge in [0, 0.05) is 21.5 Å². The molecule has 10 rings (SSSR count). The lowest BCUT2D eigenvalue weighted by Gasteiger charge is -2.15. The van der Waals surface area contributed by atoms with Crippen molar-refractivity contribution in [1.29, 1.82) is 0 Å². The number of imidazole rings is 1. The molecular weight excluding hydrogens is 536 g/mol. The molecule has 10 aromatic rings. The molecule has 0 bridgehead atoms. The van der Waals surface area contributed by atoms with Crippen molar-refractivity contribution in [2.24, 2.45) is 0 Å². The van der Waals surface area contributed by atoms with Gasteiger partial charge in [-0.3, -0.25) is 8.97 Å². The van der Waals surface area contributed by atoms with Crippen LogP contribution in [0.5, 0.6) is 0 Å². The highest BCUT2D eigenvalue weighted by Crippen LogP contribution is 2.42. The molecule has 7 aromatic carbocycles. The van der Waals surface area contributed by atoms with Gasteiger partial charge in [-0.25, -0.2) is 9.97 Å². The summed E-state index contributed by atoms with van der Waals surface area (Å²) in [6.07, 6.45) is 0. The molecular formula is C40H24N4. The fourth-order valence-corrected chi connectivity index (χ4v) is 7.10. The van der Waals surface area contributed by atoms with Crippen LogP contribution in [-0.4, -0.2) is 18.9 Å². The number of aromatic nitrogens is 4. The van der Waals surface area contributed by atoms with Crippen molar-refractivity contribution in [2.75, 3.05) is 0 Å². The summed E-state index contributed by atoms with van der Waals surface area (Å²) in [5.74, 6) is 0.835. The summed E-state index contributed by atoms with van der Waals surface area (Å²) in [7, 11) is 0. The quantitative estimate of drug-likeness (QED) is 0.211. The molecule has 0 unspecified atom stereocenters. The standard InChI is InChI=1S/C40H24N4/c1-2-12-26-23-27(22-21-25(26)11-1)32-24-33-29-14-6-9-19-36(29)43(38(33)30-15-4-3-13-28(30)32)40-42-34-17-7-5-16-31(34)39-41-35-18-8-10-20-37(35)44(39)40/h1-24H. The van der Waals surface area contributed by atoms with E-state index in [1.807, 2.05) is 6.07 Å². The van der Waals surface area contributed by atoms with E-state index in [4.69, 9.17) is 9.97 Å². The molecule has 0 aliphatic carbocycles. The second kappa shape index (κ2) is 8.76. The Morgan fingerprint density at radius 3 is 1.95 bits per heavy atom. The Labute approximate surface area is 252 Å². The fraction of sp³-hybridized carbons (Fsp3) is 0. The van der Waals surface area contributed by atoms with Crippen molar-refractivity contribution in [3.8, 4) is 17.1 Å². The molecule has 3 heterocycles. The van der Waals surface area contributed by atoms with Crippen LogP contribution in [0.4, 0.5) is 0 Å². The third kappa shape index (κ3) is 3.17. The monoisotopic (exact) mass is 560 g/mol. The smallest absolute Gasteiger partial charge is 0.221 e. The number of hydrogen-bond donors (Lipinski definition) is 0. The second-order valence-electron chi connectivity index (χ2n) is 11.5. The average molecular weight is 561 g/mol. The Morgan fingerprint density at radius 2 is 1.09 bits per heavy atom. The molecule has 0 aliphatic rings. The van der Waals surface area contributed by atoms with Gasteiger partial charge >= 0.3 is 0 Å². The van der Waals surface area contributed by atoms with E-state index in [-0.39, 0.29) is 0 Å². The first kappa shape index (κ1) is 23.6. The maximum Gasteiger partial charge on any atom is 0.221 e. The van der Waals surface area contributed by atoms with Gasteiger partial charge in [-0.15, -0.1) is 0 Å². The van der Waals surface area contributed by atoms with E-state index in [1.165, 1.54) is 43.4 Å². The van der Waals surface area contributed by atoms with Crippen molar-refractivity contribution in [3.05, 3.63) is 146 Å². The summed E-state index contributed by atoms with van der Waals surface area (Å²) in [6.45, 7) is 0. The van der Waals surface area contributed by atoms with E-state index >= 15 is 0 Å². The summed E-state index contributed by atoms with van der Waals surface area (Å²) >= 11 is 0. The highest BCUT2D eigenvalue weighted by Gasteiger charge is 2.22. The van der Waals surface area contributed by atoms with Gasteiger partial charge in [0.05, 0.1) is 27.6 Å². The largest absolute Gasteiger partial charge is 0.278 e. The number of para-hydroxylation sites is 4. The Hall–Kier alpha value is -6.00. The number of nitrogens with zero attached hydrogens (tertiary/aromatic N) is 4.